The van der Waals surface area contributed by atoms with E-state index in [0.717, 1.165) is 31.4 Å². The van der Waals surface area contributed by atoms with Crippen molar-refractivity contribution in [1.29, 1.82) is 0 Å². The van der Waals surface area contributed by atoms with Crippen molar-refractivity contribution in [2.45, 2.75) is 77.2 Å². The number of nitrogens with two attached hydrogens (primary N) is 1. The lowest BCUT2D eigenvalue weighted by atomic mass is 9.87. The smallest absolute Gasteiger partial charge is 0.287 e. The summed E-state index contributed by atoms with van der Waals surface area (Å²) in [5, 5.41) is 3.72. The van der Waals surface area contributed by atoms with E-state index in [9.17, 15) is 4.79 Å². The number of amidine groups is 1. The zero-order valence-corrected chi connectivity index (χ0v) is 24.4. The third-order valence-corrected chi connectivity index (χ3v) is 7.48. The maximum absolute atomic E-state index is 13.6. The molecule has 1 aromatic rings. The molecule has 2 fully saturated rings. The Morgan fingerprint density at radius 1 is 1.18 bits per heavy atom. The number of nitrogens with zero attached hydrogens (tertiary/aromatic N) is 2. The van der Waals surface area contributed by atoms with Crippen molar-refractivity contribution in [1.82, 2.24) is 10.2 Å². The van der Waals surface area contributed by atoms with E-state index in [1.165, 1.54) is 12.7 Å². The Bertz CT molecular complexity index is 1040. The minimum atomic E-state index is -0.217. The molecule has 2 aliphatic rings. The number of nitrogens with one attached hydrogen (secondary N) is 1. The van der Waals surface area contributed by atoms with Crippen LogP contribution in [0.5, 0.6) is 0 Å². The SMILES string of the molecule is C=C(OCc1ccc(C(C)(C)C)cc1)/C(C)=C(\N=C(/N)OC)C(=O)N1CCC(N[C@@H]2CCOC[C@@H]2OC)CC1. The zero-order chi connectivity index (χ0) is 28.6. The van der Waals surface area contributed by atoms with Crippen molar-refractivity contribution in [3.05, 3.63) is 59.0 Å². The molecule has 0 bridgehead atoms. The van der Waals surface area contributed by atoms with Crippen LogP contribution in [0.2, 0.25) is 0 Å². The molecule has 2 heterocycles. The number of methoxy groups -OCH3 is 2. The van der Waals surface area contributed by atoms with Crippen LogP contribution in [0.3, 0.4) is 0 Å². The van der Waals surface area contributed by atoms with Crippen LogP contribution in [0.15, 0.2) is 52.9 Å². The first-order valence-electron chi connectivity index (χ1n) is 13.7. The Balaban J connectivity index is 1.64. The highest BCUT2D eigenvalue weighted by Gasteiger charge is 2.31. The highest BCUT2D eigenvalue weighted by molar-refractivity contribution is 5.96. The lowest BCUT2D eigenvalue weighted by molar-refractivity contribution is -0.128. The second kappa shape index (κ2) is 14.0. The molecule has 1 aromatic carbocycles. The van der Waals surface area contributed by atoms with Crippen LogP contribution in [0.1, 0.15) is 58.1 Å². The number of carbonyl (C=O) groups excluding carboxylic acids is 1. The van der Waals surface area contributed by atoms with Gasteiger partial charge in [0.1, 0.15) is 18.1 Å². The largest absolute Gasteiger partial charge is 0.489 e. The molecule has 1 amide bonds. The molecule has 0 aromatic heterocycles. The lowest BCUT2D eigenvalue weighted by Gasteiger charge is -2.38. The second-order valence-corrected chi connectivity index (χ2v) is 11.3. The first kappa shape index (κ1) is 30.7. The van der Waals surface area contributed by atoms with Crippen molar-refractivity contribution >= 4 is 11.9 Å². The molecule has 3 rings (SSSR count). The summed E-state index contributed by atoms with van der Waals surface area (Å²) >= 11 is 0. The molecule has 9 nitrogen and oxygen atoms in total. The van der Waals surface area contributed by atoms with Gasteiger partial charge in [-0.15, -0.1) is 0 Å². The fraction of sp³-hybridized carbons (Fsp3) is 0.600. The molecule has 0 aliphatic carbocycles. The number of amides is 1. The number of benzene rings is 1. The van der Waals surface area contributed by atoms with Gasteiger partial charge in [-0.05, 0) is 42.7 Å². The predicted octanol–water partition coefficient (Wildman–Crippen LogP) is 3.63. The van der Waals surface area contributed by atoms with Crippen molar-refractivity contribution in [3.63, 3.8) is 0 Å². The Morgan fingerprint density at radius 2 is 1.85 bits per heavy atom. The molecule has 2 saturated heterocycles. The quantitative estimate of drug-likeness (QED) is 0.161. The number of rotatable bonds is 9. The van der Waals surface area contributed by atoms with E-state index in [-0.39, 0.29) is 35.2 Å². The fourth-order valence-electron chi connectivity index (χ4n) is 4.80. The molecule has 3 N–H and O–H groups in total. The van der Waals surface area contributed by atoms with Crippen LogP contribution in [0.4, 0.5) is 0 Å². The minimum Gasteiger partial charge on any atom is -0.489 e. The van der Waals surface area contributed by atoms with Crippen molar-refractivity contribution in [3.8, 4) is 0 Å². The normalized spacial score (nSPS) is 21.8. The molecule has 0 unspecified atom stereocenters. The van der Waals surface area contributed by atoms with Crippen molar-refractivity contribution < 1.29 is 23.7 Å². The van der Waals surface area contributed by atoms with E-state index in [4.69, 9.17) is 24.7 Å². The van der Waals surface area contributed by atoms with Crippen LogP contribution >= 0.6 is 0 Å². The average Bonchev–Trinajstić information content (AvgIpc) is 2.94. The summed E-state index contributed by atoms with van der Waals surface area (Å²) in [4.78, 5) is 19.7. The number of likely N-dealkylation sites (tertiary alicyclic amines) is 1. The number of aliphatic imine (C=N–C) groups is 1. The van der Waals surface area contributed by atoms with Gasteiger partial charge in [0, 0.05) is 44.5 Å². The summed E-state index contributed by atoms with van der Waals surface area (Å²) in [6, 6.07) is 8.78. The number of hydrogen-bond acceptors (Lipinski definition) is 7. The first-order chi connectivity index (χ1) is 18.5. The van der Waals surface area contributed by atoms with Gasteiger partial charge < -0.3 is 34.9 Å². The lowest BCUT2D eigenvalue weighted by Crippen LogP contribution is -2.54. The Morgan fingerprint density at radius 3 is 2.44 bits per heavy atom. The van der Waals surface area contributed by atoms with Crippen molar-refractivity contribution in [2.24, 2.45) is 10.7 Å². The van der Waals surface area contributed by atoms with Crippen LogP contribution in [-0.2, 0) is 35.8 Å². The highest BCUT2D eigenvalue weighted by Crippen LogP contribution is 2.25. The summed E-state index contributed by atoms with van der Waals surface area (Å²) in [5.74, 6) is 0.152. The maximum atomic E-state index is 13.6. The zero-order valence-electron chi connectivity index (χ0n) is 24.4. The van der Waals surface area contributed by atoms with Gasteiger partial charge in [0.05, 0.1) is 19.8 Å². The summed E-state index contributed by atoms with van der Waals surface area (Å²) < 4.78 is 22.1. The fourth-order valence-corrected chi connectivity index (χ4v) is 4.80. The molecule has 2 aliphatic heterocycles. The van der Waals surface area contributed by atoms with Gasteiger partial charge in [0.25, 0.3) is 11.9 Å². The van der Waals surface area contributed by atoms with Gasteiger partial charge in [0.15, 0.2) is 0 Å². The number of piperidine rings is 1. The molecule has 0 spiro atoms. The van der Waals surface area contributed by atoms with E-state index in [2.05, 4.69) is 49.8 Å². The van der Waals surface area contributed by atoms with Crippen LogP contribution in [0, 0.1) is 0 Å². The number of ether oxygens (including phenoxy) is 4. The van der Waals surface area contributed by atoms with Gasteiger partial charge in [0.2, 0.25) is 0 Å². The van der Waals surface area contributed by atoms with Gasteiger partial charge >= 0.3 is 0 Å². The monoisotopic (exact) mass is 542 g/mol. The Labute approximate surface area is 233 Å². The Hall–Kier alpha value is -2.88. The summed E-state index contributed by atoms with van der Waals surface area (Å²) in [6.07, 6.45) is 2.62. The summed E-state index contributed by atoms with van der Waals surface area (Å²) in [7, 11) is 3.14. The van der Waals surface area contributed by atoms with Crippen LogP contribution < -0.4 is 11.1 Å². The van der Waals surface area contributed by atoms with E-state index < -0.39 is 0 Å². The standard InChI is InChI=1S/C30H46N4O5/c1-20(21(2)39-18-22-8-10-23(11-9-22)30(3,4)5)27(33-29(31)37-7)28(35)34-15-12-24(13-16-34)32-25-14-17-38-19-26(25)36-6/h8-11,24-26,32H,2,12-19H2,1,3-7H3,(H2,31,33)/b27-20-/t25-,26+/m1/s1. The average molecular weight is 543 g/mol. The van der Waals surface area contributed by atoms with E-state index in [0.29, 0.717) is 43.7 Å². The molecule has 39 heavy (non-hydrogen) atoms. The van der Waals surface area contributed by atoms with E-state index >= 15 is 0 Å². The van der Waals surface area contributed by atoms with E-state index in [1.54, 1.807) is 18.9 Å². The Kier molecular flexibility index (Phi) is 11.0. The third-order valence-electron chi connectivity index (χ3n) is 7.48. The number of allylic oxidation sites excluding steroid dienone is 1. The third kappa shape index (κ3) is 8.55. The highest BCUT2D eigenvalue weighted by atomic mass is 16.5. The van der Waals surface area contributed by atoms with Crippen LogP contribution in [0.25, 0.3) is 0 Å². The second-order valence-electron chi connectivity index (χ2n) is 11.3. The summed E-state index contributed by atoms with van der Waals surface area (Å²) in [5.41, 5.74) is 8.92. The van der Waals surface area contributed by atoms with Crippen LogP contribution in [-0.4, -0.2) is 75.5 Å². The number of hydrogen-bond donors (Lipinski definition) is 2. The topological polar surface area (TPSA) is 108 Å². The molecule has 9 heteroatoms. The molecular formula is C30H46N4O5. The van der Waals surface area contributed by atoms with Gasteiger partial charge in [-0.2, -0.15) is 4.99 Å². The molecule has 216 valence electrons. The van der Waals surface area contributed by atoms with Gasteiger partial charge in [-0.3, -0.25) is 4.79 Å². The van der Waals surface area contributed by atoms with Crippen molar-refractivity contribution in [2.75, 3.05) is 40.5 Å². The minimum absolute atomic E-state index is 0.0457. The molecule has 0 saturated carbocycles. The summed E-state index contributed by atoms with van der Waals surface area (Å²) in [6.45, 7) is 15.3. The first-order valence-corrected chi connectivity index (χ1v) is 13.7. The molecular weight excluding hydrogens is 496 g/mol. The van der Waals surface area contributed by atoms with Gasteiger partial charge in [-0.1, -0.05) is 51.6 Å². The van der Waals surface area contributed by atoms with Gasteiger partial charge in [-0.25, -0.2) is 0 Å². The molecule has 0 radical (unpaired) electrons. The predicted molar refractivity (Wildman–Crippen MR) is 153 cm³/mol. The number of carbonyl (C=O) groups is 1. The van der Waals surface area contributed by atoms with E-state index in [1.807, 2.05) is 12.1 Å². The molecule has 2 atom stereocenters. The maximum Gasteiger partial charge on any atom is 0.287 e.